The van der Waals surface area contributed by atoms with Crippen molar-refractivity contribution in [3.8, 4) is 11.4 Å². The Morgan fingerprint density at radius 1 is 1.11 bits per heavy atom. The molecule has 0 spiro atoms. The number of nitrogens with zero attached hydrogens (tertiary/aromatic N) is 4. The SMILES string of the molecule is COCCC1CCN(Cc2sc3c(N4CCOCC4)nc(-c4cccc5[nH]ccc45)nc3c2C)CC1. The molecule has 36 heavy (non-hydrogen) atoms. The van der Waals surface area contributed by atoms with Crippen molar-refractivity contribution >= 4 is 38.3 Å². The van der Waals surface area contributed by atoms with Gasteiger partial charge in [0.25, 0.3) is 0 Å². The van der Waals surface area contributed by atoms with Crippen LogP contribution in [-0.2, 0) is 16.0 Å². The monoisotopic (exact) mass is 505 g/mol. The van der Waals surface area contributed by atoms with E-state index in [1.807, 2.05) is 17.5 Å². The Morgan fingerprint density at radius 2 is 1.94 bits per heavy atom. The number of H-pyrrole nitrogens is 1. The molecule has 190 valence electrons. The van der Waals surface area contributed by atoms with Crippen LogP contribution in [0.2, 0.25) is 0 Å². The zero-order valence-electron chi connectivity index (χ0n) is 21.3. The van der Waals surface area contributed by atoms with Gasteiger partial charge in [0.1, 0.15) is 0 Å². The molecule has 2 fully saturated rings. The lowest BCUT2D eigenvalue weighted by Gasteiger charge is -2.31. The average Bonchev–Trinajstić information content (AvgIpc) is 3.53. The molecule has 6 rings (SSSR count). The topological polar surface area (TPSA) is 66.5 Å². The largest absolute Gasteiger partial charge is 0.385 e. The fraction of sp³-hybridized carbons (Fsp3) is 0.500. The normalized spacial score (nSPS) is 18.0. The number of benzene rings is 1. The van der Waals surface area contributed by atoms with Gasteiger partial charge in [-0.2, -0.15) is 0 Å². The Kier molecular flexibility index (Phi) is 6.93. The van der Waals surface area contributed by atoms with Crippen molar-refractivity contribution < 1.29 is 9.47 Å². The van der Waals surface area contributed by atoms with Gasteiger partial charge in [0.05, 0.1) is 23.4 Å². The van der Waals surface area contributed by atoms with E-state index >= 15 is 0 Å². The fourth-order valence-corrected chi connectivity index (χ4v) is 6.89. The van der Waals surface area contributed by atoms with Crippen molar-refractivity contribution in [1.82, 2.24) is 19.9 Å². The third kappa shape index (κ3) is 4.63. The number of morpholine rings is 1. The summed E-state index contributed by atoms with van der Waals surface area (Å²) < 4.78 is 12.2. The number of thiophene rings is 1. The zero-order chi connectivity index (χ0) is 24.5. The summed E-state index contributed by atoms with van der Waals surface area (Å²) in [4.78, 5) is 20.1. The molecule has 0 saturated carbocycles. The average molecular weight is 506 g/mol. The number of aromatic nitrogens is 3. The Balaban J connectivity index is 1.36. The number of likely N-dealkylation sites (tertiary alicyclic amines) is 1. The summed E-state index contributed by atoms with van der Waals surface area (Å²) in [6.07, 6.45) is 5.69. The lowest BCUT2D eigenvalue weighted by Crippen LogP contribution is -2.36. The first-order chi connectivity index (χ1) is 17.7. The Hall–Kier alpha value is -2.52. The number of aromatic amines is 1. The molecule has 8 heteroatoms. The van der Waals surface area contributed by atoms with E-state index in [4.69, 9.17) is 19.4 Å². The van der Waals surface area contributed by atoms with Crippen molar-refractivity contribution in [3.63, 3.8) is 0 Å². The van der Waals surface area contributed by atoms with Crippen molar-refractivity contribution in [2.24, 2.45) is 5.92 Å². The quantitative estimate of drug-likeness (QED) is 0.371. The van der Waals surface area contributed by atoms with E-state index in [0.29, 0.717) is 0 Å². The van der Waals surface area contributed by atoms with E-state index in [1.165, 1.54) is 34.4 Å². The molecule has 2 aliphatic heterocycles. The molecule has 0 aliphatic carbocycles. The maximum absolute atomic E-state index is 5.66. The Labute approximate surface area is 216 Å². The van der Waals surface area contributed by atoms with Gasteiger partial charge in [-0.25, -0.2) is 9.97 Å². The minimum Gasteiger partial charge on any atom is -0.385 e. The maximum atomic E-state index is 5.66. The number of nitrogens with one attached hydrogen (secondary N) is 1. The molecule has 0 amide bonds. The van der Waals surface area contributed by atoms with Crippen LogP contribution in [0.3, 0.4) is 0 Å². The Morgan fingerprint density at radius 3 is 2.75 bits per heavy atom. The molecular formula is C28H35N5O2S. The van der Waals surface area contributed by atoms with Gasteiger partial charge in [-0.05, 0) is 62.9 Å². The third-order valence-corrected chi connectivity index (χ3v) is 9.06. The maximum Gasteiger partial charge on any atom is 0.162 e. The molecule has 7 nitrogen and oxygen atoms in total. The van der Waals surface area contributed by atoms with Gasteiger partial charge in [0.2, 0.25) is 0 Å². The van der Waals surface area contributed by atoms with Crippen LogP contribution in [-0.4, -0.2) is 73.0 Å². The first-order valence-electron chi connectivity index (χ1n) is 13.1. The molecule has 1 N–H and O–H groups in total. The van der Waals surface area contributed by atoms with Gasteiger partial charge in [0, 0.05) is 60.9 Å². The molecular weight excluding hydrogens is 470 g/mol. The highest BCUT2D eigenvalue weighted by Crippen LogP contribution is 2.39. The van der Waals surface area contributed by atoms with Crippen molar-refractivity contribution in [2.75, 3.05) is 58.0 Å². The number of rotatable bonds is 7. The summed E-state index contributed by atoms with van der Waals surface area (Å²) in [6.45, 7) is 9.64. The molecule has 0 unspecified atom stereocenters. The second-order valence-corrected chi connectivity index (χ2v) is 11.1. The molecule has 2 aliphatic rings. The molecule has 5 heterocycles. The summed E-state index contributed by atoms with van der Waals surface area (Å²) in [5, 5.41) is 1.16. The van der Waals surface area contributed by atoms with Gasteiger partial charge >= 0.3 is 0 Å². The van der Waals surface area contributed by atoms with Crippen LogP contribution in [0.4, 0.5) is 5.82 Å². The van der Waals surface area contributed by atoms with Gasteiger partial charge < -0.3 is 19.4 Å². The van der Waals surface area contributed by atoms with Crippen molar-refractivity contribution in [1.29, 1.82) is 0 Å². The van der Waals surface area contributed by atoms with Crippen LogP contribution in [0.15, 0.2) is 30.5 Å². The lowest BCUT2D eigenvalue weighted by atomic mass is 9.94. The van der Waals surface area contributed by atoms with Crippen LogP contribution < -0.4 is 4.90 Å². The molecule has 4 aromatic rings. The first kappa shape index (κ1) is 23.9. The molecule has 1 aromatic carbocycles. The van der Waals surface area contributed by atoms with Gasteiger partial charge in [-0.1, -0.05) is 12.1 Å². The predicted molar refractivity (Wildman–Crippen MR) is 147 cm³/mol. The van der Waals surface area contributed by atoms with Crippen molar-refractivity contribution in [3.05, 3.63) is 40.9 Å². The third-order valence-electron chi connectivity index (χ3n) is 7.80. The highest BCUT2D eigenvalue weighted by Gasteiger charge is 2.25. The highest BCUT2D eigenvalue weighted by atomic mass is 32.1. The van der Waals surface area contributed by atoms with E-state index in [-0.39, 0.29) is 0 Å². The van der Waals surface area contributed by atoms with Crippen LogP contribution in [0.5, 0.6) is 0 Å². The zero-order valence-corrected chi connectivity index (χ0v) is 22.1. The van der Waals surface area contributed by atoms with E-state index in [2.05, 4.69) is 46.0 Å². The van der Waals surface area contributed by atoms with Crippen molar-refractivity contribution in [2.45, 2.75) is 32.7 Å². The summed E-state index contributed by atoms with van der Waals surface area (Å²) >= 11 is 1.89. The van der Waals surface area contributed by atoms with E-state index in [0.717, 1.165) is 92.1 Å². The number of piperidine rings is 1. The number of methoxy groups -OCH3 is 1. The number of fused-ring (bicyclic) bond motifs is 2. The second-order valence-electron chi connectivity index (χ2n) is 10.0. The first-order valence-corrected chi connectivity index (χ1v) is 13.9. The number of hydrogen-bond donors (Lipinski definition) is 1. The summed E-state index contributed by atoms with van der Waals surface area (Å²) in [5.74, 6) is 2.66. The Bertz CT molecular complexity index is 1330. The minimum atomic E-state index is 0.740. The molecule has 2 saturated heterocycles. The summed E-state index contributed by atoms with van der Waals surface area (Å²) in [6, 6.07) is 8.44. The standard InChI is InChI=1S/C28H35N5O2S/c1-19-24(18-32-11-7-20(8-12-32)9-15-34-2)36-26-25(19)30-27(31-28(26)33-13-16-35-17-14-33)22-4-3-5-23-21(22)6-10-29-23/h3-6,10,20,29H,7-9,11-18H2,1-2H3. The van der Waals surface area contributed by atoms with Crippen LogP contribution in [0.25, 0.3) is 32.5 Å². The number of aryl methyl sites for hydroxylation is 1. The second kappa shape index (κ2) is 10.5. The smallest absolute Gasteiger partial charge is 0.162 e. The van der Waals surface area contributed by atoms with Crippen LogP contribution in [0.1, 0.15) is 29.7 Å². The van der Waals surface area contributed by atoms with Gasteiger partial charge in [-0.15, -0.1) is 11.3 Å². The van der Waals surface area contributed by atoms with E-state index in [9.17, 15) is 0 Å². The molecule has 0 radical (unpaired) electrons. The highest BCUT2D eigenvalue weighted by molar-refractivity contribution is 7.19. The number of ether oxygens (including phenoxy) is 2. The van der Waals surface area contributed by atoms with Crippen LogP contribution >= 0.6 is 11.3 Å². The predicted octanol–water partition coefficient (Wildman–Crippen LogP) is 5.23. The minimum absolute atomic E-state index is 0.740. The van der Waals surface area contributed by atoms with E-state index < -0.39 is 0 Å². The number of hydrogen-bond acceptors (Lipinski definition) is 7. The summed E-state index contributed by atoms with van der Waals surface area (Å²) in [5.41, 5.74) is 4.59. The molecule has 3 aromatic heterocycles. The lowest BCUT2D eigenvalue weighted by molar-refractivity contribution is 0.122. The molecule has 0 atom stereocenters. The fourth-order valence-electron chi connectivity index (χ4n) is 5.58. The molecule has 0 bridgehead atoms. The van der Waals surface area contributed by atoms with Crippen LogP contribution in [0, 0.1) is 12.8 Å². The van der Waals surface area contributed by atoms with E-state index in [1.54, 1.807) is 7.11 Å². The van der Waals surface area contributed by atoms with Gasteiger partial charge in [-0.3, -0.25) is 4.90 Å². The number of anilines is 1. The van der Waals surface area contributed by atoms with Gasteiger partial charge in [0.15, 0.2) is 11.6 Å². The summed E-state index contributed by atoms with van der Waals surface area (Å²) in [7, 11) is 1.80.